The Bertz CT molecular complexity index is 1200. The molecule has 39 heavy (non-hydrogen) atoms. The molecule has 1 fully saturated rings. The molecule has 3 aliphatic rings. The molecule has 3 aliphatic heterocycles. The van der Waals surface area contributed by atoms with E-state index in [2.05, 4.69) is 35.3 Å². The van der Waals surface area contributed by atoms with Gasteiger partial charge < -0.3 is 19.3 Å². The Morgan fingerprint density at radius 1 is 1.03 bits per heavy atom. The number of carbonyl (C=O) groups is 3. The zero-order valence-corrected chi connectivity index (χ0v) is 22.8. The van der Waals surface area contributed by atoms with Crippen LogP contribution in [0.5, 0.6) is 11.5 Å². The van der Waals surface area contributed by atoms with Crippen molar-refractivity contribution in [3.05, 3.63) is 59.2 Å². The smallest absolute Gasteiger partial charge is 0.255 e. The molecule has 2 atom stereocenters. The van der Waals surface area contributed by atoms with Crippen LogP contribution in [0, 0.1) is 0 Å². The van der Waals surface area contributed by atoms with Crippen LogP contribution in [0.1, 0.15) is 79.3 Å². The summed E-state index contributed by atoms with van der Waals surface area (Å²) in [6.45, 7) is 7.23. The Hall–Kier alpha value is -3.39. The van der Waals surface area contributed by atoms with Gasteiger partial charge in [-0.1, -0.05) is 44.0 Å². The fourth-order valence-corrected chi connectivity index (χ4v) is 5.90. The van der Waals surface area contributed by atoms with E-state index in [1.54, 1.807) is 11.0 Å². The molecule has 2 aromatic carbocycles. The lowest BCUT2D eigenvalue weighted by molar-refractivity contribution is -0.136. The number of rotatable bonds is 13. The van der Waals surface area contributed by atoms with E-state index in [9.17, 15) is 14.4 Å². The molecule has 8 heteroatoms. The first-order chi connectivity index (χ1) is 19.0. The Morgan fingerprint density at radius 3 is 2.72 bits per heavy atom. The molecular formula is C31H39N3O5. The van der Waals surface area contributed by atoms with Gasteiger partial charge in [-0.25, -0.2) is 0 Å². The topological polar surface area (TPSA) is 88.2 Å². The summed E-state index contributed by atoms with van der Waals surface area (Å²) >= 11 is 0. The van der Waals surface area contributed by atoms with E-state index in [0.717, 1.165) is 63.2 Å². The normalized spacial score (nSPS) is 20.2. The molecule has 1 N–H and O–H groups in total. The summed E-state index contributed by atoms with van der Waals surface area (Å²) in [5.41, 5.74) is 2.77. The number of unbranched alkanes of at least 4 members (excludes halogenated alkanes) is 3. The van der Waals surface area contributed by atoms with Crippen LogP contribution in [-0.4, -0.2) is 66.4 Å². The zero-order valence-electron chi connectivity index (χ0n) is 22.8. The number of ether oxygens (including phenoxy) is 2. The molecule has 0 spiro atoms. The lowest BCUT2D eigenvalue weighted by Gasteiger charge is -2.29. The van der Waals surface area contributed by atoms with E-state index in [1.165, 1.54) is 12.0 Å². The van der Waals surface area contributed by atoms with Gasteiger partial charge in [-0.15, -0.1) is 0 Å². The number of hydrogen-bond donors (Lipinski definition) is 1. The first-order valence-electron chi connectivity index (χ1n) is 14.4. The van der Waals surface area contributed by atoms with Gasteiger partial charge in [-0.2, -0.15) is 0 Å². The molecule has 3 amide bonds. The molecule has 0 saturated carbocycles. The SMILES string of the molecule is CCN(CCCCCCOc1cccc2c1CN(C1CCC(=O)NC1=O)C2=O)CC[C@H]1COc2ccccc21. The van der Waals surface area contributed by atoms with Crippen LogP contribution in [0.15, 0.2) is 42.5 Å². The quantitative estimate of drug-likeness (QED) is 0.306. The molecule has 0 radical (unpaired) electrons. The first kappa shape index (κ1) is 27.2. The van der Waals surface area contributed by atoms with E-state index in [-0.39, 0.29) is 18.2 Å². The maximum atomic E-state index is 13.0. The molecule has 0 aliphatic carbocycles. The van der Waals surface area contributed by atoms with E-state index in [0.29, 0.717) is 36.8 Å². The lowest BCUT2D eigenvalue weighted by Crippen LogP contribution is -2.52. The van der Waals surface area contributed by atoms with Gasteiger partial charge in [0.2, 0.25) is 11.8 Å². The van der Waals surface area contributed by atoms with E-state index >= 15 is 0 Å². The van der Waals surface area contributed by atoms with E-state index in [1.807, 2.05) is 18.2 Å². The Balaban J connectivity index is 1.01. The van der Waals surface area contributed by atoms with Gasteiger partial charge in [0.25, 0.3) is 5.91 Å². The first-order valence-corrected chi connectivity index (χ1v) is 14.4. The minimum atomic E-state index is -0.611. The maximum absolute atomic E-state index is 13.0. The molecule has 0 aromatic heterocycles. The third kappa shape index (κ3) is 6.27. The molecule has 0 bridgehead atoms. The van der Waals surface area contributed by atoms with Gasteiger partial charge in [0.05, 0.1) is 19.8 Å². The number of imide groups is 1. The Labute approximate surface area is 230 Å². The van der Waals surface area contributed by atoms with E-state index in [4.69, 9.17) is 9.47 Å². The van der Waals surface area contributed by atoms with Crippen molar-refractivity contribution in [3.63, 3.8) is 0 Å². The van der Waals surface area contributed by atoms with Gasteiger partial charge in [0, 0.05) is 29.0 Å². The number of hydrogen-bond acceptors (Lipinski definition) is 6. The summed E-state index contributed by atoms with van der Waals surface area (Å²) in [6.07, 6.45) is 6.11. The number of amides is 3. The molecule has 8 nitrogen and oxygen atoms in total. The molecule has 1 unspecified atom stereocenters. The summed E-state index contributed by atoms with van der Waals surface area (Å²) in [7, 11) is 0. The summed E-state index contributed by atoms with van der Waals surface area (Å²) in [5, 5.41) is 2.35. The highest BCUT2D eigenvalue weighted by Gasteiger charge is 2.40. The molecule has 5 rings (SSSR count). The zero-order chi connectivity index (χ0) is 27.2. The second-order valence-corrected chi connectivity index (χ2v) is 10.7. The predicted molar refractivity (Wildman–Crippen MR) is 148 cm³/mol. The Kier molecular flexibility index (Phi) is 8.81. The second-order valence-electron chi connectivity index (χ2n) is 10.7. The average molecular weight is 534 g/mol. The number of carbonyl (C=O) groups excluding carboxylic acids is 3. The minimum Gasteiger partial charge on any atom is -0.493 e. The van der Waals surface area contributed by atoms with Crippen LogP contribution in [0.2, 0.25) is 0 Å². The van der Waals surface area contributed by atoms with Gasteiger partial charge in [-0.05, 0) is 63.5 Å². The van der Waals surface area contributed by atoms with Crippen LogP contribution in [0.3, 0.4) is 0 Å². The van der Waals surface area contributed by atoms with Crippen molar-refractivity contribution < 1.29 is 23.9 Å². The molecule has 1 saturated heterocycles. The summed E-state index contributed by atoms with van der Waals surface area (Å²) in [6, 6.07) is 13.3. The molecule has 2 aromatic rings. The Morgan fingerprint density at radius 2 is 1.87 bits per heavy atom. The predicted octanol–water partition coefficient (Wildman–Crippen LogP) is 4.28. The number of fused-ring (bicyclic) bond motifs is 2. The third-order valence-electron chi connectivity index (χ3n) is 8.21. The highest BCUT2D eigenvalue weighted by molar-refractivity contribution is 6.05. The third-order valence-corrected chi connectivity index (χ3v) is 8.21. The van der Waals surface area contributed by atoms with Crippen LogP contribution < -0.4 is 14.8 Å². The second kappa shape index (κ2) is 12.6. The van der Waals surface area contributed by atoms with Crippen LogP contribution >= 0.6 is 0 Å². The van der Waals surface area contributed by atoms with Crippen molar-refractivity contribution >= 4 is 17.7 Å². The summed E-state index contributed by atoms with van der Waals surface area (Å²) in [4.78, 5) is 40.9. The van der Waals surface area contributed by atoms with Crippen molar-refractivity contribution in [2.45, 2.75) is 70.4 Å². The van der Waals surface area contributed by atoms with Gasteiger partial charge in [0.15, 0.2) is 0 Å². The highest BCUT2D eigenvalue weighted by atomic mass is 16.5. The average Bonchev–Trinajstić information content (AvgIpc) is 3.51. The van der Waals surface area contributed by atoms with Crippen LogP contribution in [-0.2, 0) is 16.1 Å². The fraction of sp³-hybridized carbons (Fsp3) is 0.516. The van der Waals surface area contributed by atoms with Gasteiger partial charge >= 0.3 is 0 Å². The summed E-state index contributed by atoms with van der Waals surface area (Å²) < 4.78 is 11.9. The summed E-state index contributed by atoms with van der Waals surface area (Å²) in [5.74, 6) is 1.41. The number of nitrogens with one attached hydrogen (secondary N) is 1. The standard InChI is InChI=1S/C31H39N3O5/c1-2-33(18-16-22-21-39-27-12-6-5-10-23(22)27)17-7-3-4-8-19-38-28-13-9-11-24-25(28)20-34(31(24)37)26-14-15-29(35)32-30(26)36/h5-6,9-13,22,26H,2-4,7-8,14-21H2,1H3,(H,32,35,36)/t22-,26?/m0/s1. The highest BCUT2D eigenvalue weighted by Crippen LogP contribution is 2.36. The van der Waals surface area contributed by atoms with Crippen molar-refractivity contribution in [1.29, 1.82) is 0 Å². The molecule has 208 valence electrons. The number of piperidine rings is 1. The minimum absolute atomic E-state index is 0.171. The van der Waals surface area contributed by atoms with Crippen LogP contribution in [0.4, 0.5) is 0 Å². The monoisotopic (exact) mass is 533 g/mol. The van der Waals surface area contributed by atoms with Gasteiger partial charge in [0.1, 0.15) is 17.5 Å². The lowest BCUT2D eigenvalue weighted by atomic mass is 9.97. The maximum Gasteiger partial charge on any atom is 0.255 e. The molecule has 3 heterocycles. The van der Waals surface area contributed by atoms with Crippen molar-refractivity contribution in [1.82, 2.24) is 15.1 Å². The van der Waals surface area contributed by atoms with Crippen LogP contribution in [0.25, 0.3) is 0 Å². The number of nitrogens with zero attached hydrogens (tertiary/aromatic N) is 2. The number of para-hydroxylation sites is 1. The number of benzene rings is 2. The molecular weight excluding hydrogens is 494 g/mol. The van der Waals surface area contributed by atoms with Gasteiger partial charge in [-0.3, -0.25) is 19.7 Å². The van der Waals surface area contributed by atoms with Crippen molar-refractivity contribution in [2.24, 2.45) is 0 Å². The fourth-order valence-electron chi connectivity index (χ4n) is 5.90. The van der Waals surface area contributed by atoms with Crippen molar-refractivity contribution in [2.75, 3.05) is 32.8 Å². The van der Waals surface area contributed by atoms with E-state index < -0.39 is 11.9 Å². The largest absolute Gasteiger partial charge is 0.493 e. The van der Waals surface area contributed by atoms with Crippen molar-refractivity contribution in [3.8, 4) is 11.5 Å².